The Bertz CT molecular complexity index is 508. The minimum absolute atomic E-state index is 0.180. The van der Waals surface area contributed by atoms with Gasteiger partial charge in [-0.3, -0.25) is 15.1 Å². The lowest BCUT2D eigenvalue weighted by atomic mass is 10.1. The molecule has 1 fully saturated rings. The summed E-state index contributed by atoms with van der Waals surface area (Å²) in [5.41, 5.74) is 1.72. The molecule has 0 bridgehead atoms. The maximum atomic E-state index is 11.0. The lowest BCUT2D eigenvalue weighted by molar-refractivity contribution is -0.884. The summed E-state index contributed by atoms with van der Waals surface area (Å²) in [6, 6.07) is 5.30. The predicted octanol–water partition coefficient (Wildman–Crippen LogP) is 0.321. The second kappa shape index (κ2) is 6.47. The highest BCUT2D eigenvalue weighted by molar-refractivity contribution is 5.80. The normalized spacial score (nSPS) is 16.8. The number of hydrogen-bond acceptors (Lipinski definition) is 4. The Labute approximate surface area is 118 Å². The van der Waals surface area contributed by atoms with Gasteiger partial charge >= 0.3 is 0 Å². The molecular weight excluding hydrogens is 256 g/mol. The highest BCUT2D eigenvalue weighted by Gasteiger charge is 2.15. The summed E-state index contributed by atoms with van der Waals surface area (Å²) in [4.78, 5) is 12.2. The second-order valence-corrected chi connectivity index (χ2v) is 5.15. The number of nitro benzene ring substituents is 1. The topological polar surface area (TPSA) is 63.2 Å². The smallest absolute Gasteiger partial charge is 0.273 e. The van der Waals surface area contributed by atoms with Crippen molar-refractivity contribution >= 4 is 11.9 Å². The number of hydrazone groups is 1. The maximum absolute atomic E-state index is 11.0. The quantitative estimate of drug-likeness (QED) is 0.490. The van der Waals surface area contributed by atoms with Crippen LogP contribution in [0.5, 0.6) is 0 Å². The Morgan fingerprint density at radius 1 is 1.45 bits per heavy atom. The van der Waals surface area contributed by atoms with E-state index in [0.717, 1.165) is 37.3 Å². The molecule has 0 unspecified atom stereocenters. The summed E-state index contributed by atoms with van der Waals surface area (Å²) in [5, 5.41) is 17.5. The van der Waals surface area contributed by atoms with Crippen molar-refractivity contribution in [1.29, 1.82) is 0 Å². The third-order valence-corrected chi connectivity index (χ3v) is 3.65. The van der Waals surface area contributed by atoms with Gasteiger partial charge in [0.2, 0.25) is 0 Å². The zero-order valence-electron chi connectivity index (χ0n) is 12.0. The van der Waals surface area contributed by atoms with Crippen molar-refractivity contribution in [2.24, 2.45) is 5.10 Å². The van der Waals surface area contributed by atoms with Gasteiger partial charge in [0.25, 0.3) is 5.69 Å². The van der Waals surface area contributed by atoms with E-state index in [-0.39, 0.29) is 10.6 Å². The van der Waals surface area contributed by atoms with E-state index in [1.54, 1.807) is 12.3 Å². The van der Waals surface area contributed by atoms with Crippen molar-refractivity contribution in [1.82, 2.24) is 5.01 Å². The van der Waals surface area contributed by atoms with Gasteiger partial charge in [-0.05, 0) is 6.42 Å². The molecule has 0 saturated carbocycles. The number of nitrogens with zero attached hydrogens (tertiary/aromatic N) is 3. The molecule has 0 amide bonds. The Morgan fingerprint density at radius 2 is 2.15 bits per heavy atom. The first-order valence-electron chi connectivity index (χ1n) is 6.97. The van der Waals surface area contributed by atoms with Gasteiger partial charge in [0.1, 0.15) is 0 Å². The van der Waals surface area contributed by atoms with Crippen LogP contribution in [0.2, 0.25) is 0 Å². The average molecular weight is 277 g/mol. The lowest BCUT2D eigenvalue weighted by Crippen LogP contribution is -3.11. The molecule has 6 heteroatoms. The lowest BCUT2D eigenvalue weighted by Gasteiger charge is -2.27. The van der Waals surface area contributed by atoms with E-state index >= 15 is 0 Å². The molecule has 0 spiro atoms. The molecule has 0 radical (unpaired) electrons. The Kier molecular flexibility index (Phi) is 4.68. The summed E-state index contributed by atoms with van der Waals surface area (Å²) in [6.07, 6.45) is 2.38. The van der Waals surface area contributed by atoms with E-state index in [9.17, 15) is 10.1 Å². The van der Waals surface area contributed by atoms with E-state index in [0.29, 0.717) is 6.42 Å². The molecule has 1 aromatic rings. The zero-order chi connectivity index (χ0) is 14.5. The summed E-state index contributed by atoms with van der Waals surface area (Å²) >= 11 is 0. The molecule has 1 aliphatic rings. The average Bonchev–Trinajstić information content (AvgIpc) is 2.46. The number of rotatable bonds is 4. The molecule has 6 nitrogen and oxygen atoms in total. The van der Waals surface area contributed by atoms with Crippen LogP contribution in [0.15, 0.2) is 23.3 Å². The number of benzene rings is 1. The standard InChI is InChI=1S/C14H20N4O2/c1-3-13-5-4-12(10-14(13)18(19)20)11-15-17-8-6-16(2)7-9-17/h4-5,10-11H,3,6-9H2,1-2H3/p+1/b15-11-. The van der Waals surface area contributed by atoms with E-state index in [1.165, 1.54) is 4.90 Å². The fourth-order valence-corrected chi connectivity index (χ4v) is 2.27. The summed E-state index contributed by atoms with van der Waals surface area (Å²) in [6.45, 7) is 5.93. The van der Waals surface area contributed by atoms with E-state index in [4.69, 9.17) is 0 Å². The van der Waals surface area contributed by atoms with Gasteiger partial charge in [-0.2, -0.15) is 5.10 Å². The van der Waals surface area contributed by atoms with E-state index in [1.807, 2.05) is 24.1 Å². The van der Waals surface area contributed by atoms with E-state index in [2.05, 4.69) is 12.1 Å². The summed E-state index contributed by atoms with van der Waals surface area (Å²) < 4.78 is 0. The molecule has 2 rings (SSSR count). The van der Waals surface area contributed by atoms with E-state index < -0.39 is 0 Å². The van der Waals surface area contributed by atoms with Crippen molar-refractivity contribution in [3.05, 3.63) is 39.4 Å². The molecule has 1 heterocycles. The number of quaternary nitrogens is 1. The number of nitro groups is 1. The van der Waals surface area contributed by atoms with Crippen molar-refractivity contribution in [3.63, 3.8) is 0 Å². The number of hydrogen-bond donors (Lipinski definition) is 1. The van der Waals surface area contributed by atoms with Crippen LogP contribution >= 0.6 is 0 Å². The SMILES string of the molecule is CCc1ccc(/C=N\N2CC[NH+](C)CC2)cc1[N+](=O)[O-]. The van der Waals surface area contributed by atoms with Gasteiger partial charge in [-0.15, -0.1) is 0 Å². The van der Waals surface area contributed by atoms with Crippen LogP contribution in [0.1, 0.15) is 18.1 Å². The number of piperazine rings is 1. The first-order valence-corrected chi connectivity index (χ1v) is 6.97. The number of nitrogens with one attached hydrogen (secondary N) is 1. The molecular formula is C14H21N4O2+. The van der Waals surface area contributed by atoms with Crippen molar-refractivity contribution < 1.29 is 9.82 Å². The van der Waals surface area contributed by atoms with Crippen molar-refractivity contribution in [3.8, 4) is 0 Å². The summed E-state index contributed by atoms with van der Waals surface area (Å²) in [5.74, 6) is 0. The van der Waals surface area contributed by atoms with Gasteiger partial charge in [0, 0.05) is 17.2 Å². The first-order chi connectivity index (χ1) is 9.60. The first kappa shape index (κ1) is 14.5. The maximum Gasteiger partial charge on any atom is 0.273 e. The molecule has 1 saturated heterocycles. The largest absolute Gasteiger partial charge is 0.334 e. The van der Waals surface area contributed by atoms with Crippen LogP contribution < -0.4 is 4.90 Å². The molecule has 1 aromatic carbocycles. The van der Waals surface area contributed by atoms with Gasteiger partial charge < -0.3 is 4.90 Å². The third kappa shape index (κ3) is 3.54. The van der Waals surface area contributed by atoms with Crippen molar-refractivity contribution in [2.75, 3.05) is 33.2 Å². The van der Waals surface area contributed by atoms with Crippen LogP contribution in [0.25, 0.3) is 0 Å². The van der Waals surface area contributed by atoms with Crippen LogP contribution in [-0.4, -0.2) is 49.4 Å². The Morgan fingerprint density at radius 3 is 2.75 bits per heavy atom. The second-order valence-electron chi connectivity index (χ2n) is 5.15. The van der Waals surface area contributed by atoms with Crippen LogP contribution in [-0.2, 0) is 6.42 Å². The van der Waals surface area contributed by atoms with Gasteiger partial charge in [0.05, 0.1) is 44.4 Å². The molecule has 1 N–H and O–H groups in total. The Balaban J connectivity index is 2.09. The van der Waals surface area contributed by atoms with Crippen LogP contribution in [0.4, 0.5) is 5.69 Å². The highest BCUT2D eigenvalue weighted by Crippen LogP contribution is 2.20. The van der Waals surface area contributed by atoms with Crippen LogP contribution in [0, 0.1) is 10.1 Å². The minimum Gasteiger partial charge on any atom is -0.334 e. The van der Waals surface area contributed by atoms with Gasteiger partial charge in [-0.25, -0.2) is 0 Å². The summed E-state index contributed by atoms with van der Waals surface area (Å²) in [7, 11) is 2.17. The predicted molar refractivity (Wildman–Crippen MR) is 78.3 cm³/mol. The molecule has 20 heavy (non-hydrogen) atoms. The monoisotopic (exact) mass is 277 g/mol. The molecule has 108 valence electrons. The molecule has 0 aromatic heterocycles. The fourth-order valence-electron chi connectivity index (χ4n) is 2.27. The van der Waals surface area contributed by atoms with Crippen LogP contribution in [0.3, 0.4) is 0 Å². The fraction of sp³-hybridized carbons (Fsp3) is 0.500. The third-order valence-electron chi connectivity index (χ3n) is 3.65. The van der Waals surface area contributed by atoms with Gasteiger partial charge in [0.15, 0.2) is 0 Å². The number of likely N-dealkylation sites (N-methyl/N-ethyl adjacent to an activating group) is 1. The van der Waals surface area contributed by atoms with Crippen molar-refractivity contribution in [2.45, 2.75) is 13.3 Å². The number of aryl methyl sites for hydroxylation is 1. The van der Waals surface area contributed by atoms with Gasteiger partial charge in [-0.1, -0.05) is 19.1 Å². The minimum atomic E-state index is -0.324. The Hall–Kier alpha value is -1.95. The molecule has 0 atom stereocenters. The zero-order valence-corrected chi connectivity index (χ0v) is 12.0. The molecule has 0 aliphatic carbocycles. The molecule has 1 aliphatic heterocycles. The highest BCUT2D eigenvalue weighted by atomic mass is 16.6.